The lowest BCUT2D eigenvalue weighted by Crippen LogP contribution is -2.42. The van der Waals surface area contributed by atoms with Crippen LogP contribution in [0.15, 0.2) is 12.1 Å². The maximum Gasteiger partial charge on any atom is 0.139 e. The van der Waals surface area contributed by atoms with Crippen molar-refractivity contribution in [3.8, 4) is 5.75 Å². The Labute approximate surface area is 126 Å². The van der Waals surface area contributed by atoms with Crippen LogP contribution < -0.4 is 0 Å². The second-order valence-corrected chi connectivity index (χ2v) is 7.67. The summed E-state index contributed by atoms with van der Waals surface area (Å²) < 4.78 is 0. The highest BCUT2D eigenvalue weighted by Gasteiger charge is 2.54. The van der Waals surface area contributed by atoms with Gasteiger partial charge in [-0.05, 0) is 85.6 Å². The number of aryl methyl sites for hydroxylation is 2. The lowest BCUT2D eigenvalue weighted by molar-refractivity contribution is -0.129. The van der Waals surface area contributed by atoms with E-state index < -0.39 is 0 Å². The number of phenolic OH excluding ortho intramolecular Hbond substituents is 1. The van der Waals surface area contributed by atoms with Crippen molar-refractivity contribution in [1.82, 2.24) is 0 Å². The molecule has 2 fully saturated rings. The first-order valence-electron chi connectivity index (χ1n) is 8.36. The van der Waals surface area contributed by atoms with Crippen LogP contribution in [0.4, 0.5) is 0 Å². The largest absolute Gasteiger partial charge is 0.508 e. The van der Waals surface area contributed by atoms with E-state index in [0.717, 1.165) is 32.1 Å². The molecular formula is C19H24O2. The molecule has 0 unspecified atom stereocenters. The third kappa shape index (κ3) is 1.74. The molecule has 0 aromatic heterocycles. The lowest BCUT2D eigenvalue weighted by atomic mass is 9.55. The fourth-order valence-electron chi connectivity index (χ4n) is 5.73. The van der Waals surface area contributed by atoms with Gasteiger partial charge in [-0.1, -0.05) is 6.92 Å². The van der Waals surface area contributed by atoms with Crippen LogP contribution in [0.3, 0.4) is 0 Å². The third-order valence-corrected chi connectivity index (χ3v) is 6.72. The molecule has 0 bridgehead atoms. The molecule has 112 valence electrons. The van der Waals surface area contributed by atoms with E-state index in [-0.39, 0.29) is 5.41 Å². The number of aromatic hydroxyl groups is 1. The van der Waals surface area contributed by atoms with Crippen molar-refractivity contribution >= 4 is 5.78 Å². The number of hydrogen-bond donors (Lipinski definition) is 1. The maximum atomic E-state index is 12.3. The Hall–Kier alpha value is -1.31. The van der Waals surface area contributed by atoms with E-state index in [2.05, 4.69) is 13.8 Å². The van der Waals surface area contributed by atoms with Crippen molar-refractivity contribution in [2.75, 3.05) is 0 Å². The van der Waals surface area contributed by atoms with Crippen molar-refractivity contribution in [3.63, 3.8) is 0 Å². The highest BCUT2D eigenvalue weighted by Crippen LogP contribution is 2.60. The molecule has 1 N–H and O–H groups in total. The average molecular weight is 284 g/mol. The summed E-state index contributed by atoms with van der Waals surface area (Å²) in [6, 6.07) is 3.88. The van der Waals surface area contributed by atoms with Crippen molar-refractivity contribution in [2.24, 2.45) is 17.3 Å². The Bertz CT molecular complexity index is 618. The topological polar surface area (TPSA) is 37.3 Å². The quantitative estimate of drug-likeness (QED) is 0.778. The Kier molecular flexibility index (Phi) is 2.76. The minimum absolute atomic E-state index is 0.0382. The molecule has 4 rings (SSSR count). The number of Topliss-reactive ketones (excluding diaryl/α,β-unsaturated/α-hetero) is 1. The number of carbonyl (C=O) groups excluding carboxylic acids is 1. The van der Waals surface area contributed by atoms with Gasteiger partial charge in [0.15, 0.2) is 0 Å². The van der Waals surface area contributed by atoms with Crippen LogP contribution in [0, 0.1) is 24.2 Å². The zero-order chi connectivity index (χ0) is 14.8. The summed E-state index contributed by atoms with van der Waals surface area (Å²) in [5.41, 5.74) is 4.04. The molecule has 3 aliphatic carbocycles. The van der Waals surface area contributed by atoms with Gasteiger partial charge in [0.2, 0.25) is 0 Å². The van der Waals surface area contributed by atoms with Gasteiger partial charge in [-0.15, -0.1) is 0 Å². The predicted molar refractivity (Wildman–Crippen MR) is 82.5 cm³/mol. The number of hydrogen-bond acceptors (Lipinski definition) is 2. The standard InChI is InChI=1S/C19H24O2/c1-11-9-13(20)10-12-3-4-14-15(18(11)12)7-8-19(2)16(14)5-6-17(19)21/h9-10,14-16,20H,3-8H2,1-2H3/t14-,15-,16-,19-/m0/s1. The molecule has 0 spiro atoms. The van der Waals surface area contributed by atoms with E-state index in [4.69, 9.17) is 0 Å². The number of phenols is 1. The van der Waals surface area contributed by atoms with E-state index in [1.54, 1.807) is 0 Å². The van der Waals surface area contributed by atoms with Gasteiger partial charge in [0.05, 0.1) is 0 Å². The molecular weight excluding hydrogens is 260 g/mol. The average Bonchev–Trinajstić information content (AvgIpc) is 2.74. The van der Waals surface area contributed by atoms with E-state index >= 15 is 0 Å². The first kappa shape index (κ1) is 13.4. The molecule has 2 heteroatoms. The van der Waals surface area contributed by atoms with Crippen molar-refractivity contribution in [1.29, 1.82) is 0 Å². The Morgan fingerprint density at radius 2 is 2.00 bits per heavy atom. The molecule has 0 amide bonds. The molecule has 0 aliphatic heterocycles. The molecule has 1 aromatic carbocycles. The molecule has 4 atom stereocenters. The zero-order valence-electron chi connectivity index (χ0n) is 13.0. The minimum atomic E-state index is -0.0382. The summed E-state index contributed by atoms with van der Waals surface area (Å²) >= 11 is 0. The first-order chi connectivity index (χ1) is 10.0. The Morgan fingerprint density at radius 3 is 2.81 bits per heavy atom. The van der Waals surface area contributed by atoms with Crippen LogP contribution >= 0.6 is 0 Å². The van der Waals surface area contributed by atoms with Crippen LogP contribution in [0.1, 0.15) is 61.6 Å². The van der Waals surface area contributed by atoms with Gasteiger partial charge >= 0.3 is 0 Å². The van der Waals surface area contributed by atoms with Crippen LogP contribution in [0.25, 0.3) is 0 Å². The summed E-state index contributed by atoms with van der Waals surface area (Å²) in [6.07, 6.45) is 6.34. The van der Waals surface area contributed by atoms with Gasteiger partial charge in [-0.2, -0.15) is 0 Å². The molecule has 0 heterocycles. The summed E-state index contributed by atoms with van der Waals surface area (Å²) in [7, 11) is 0. The predicted octanol–water partition coefficient (Wildman–Crippen LogP) is 4.13. The Morgan fingerprint density at radius 1 is 1.19 bits per heavy atom. The van der Waals surface area contributed by atoms with Crippen molar-refractivity contribution < 1.29 is 9.90 Å². The van der Waals surface area contributed by atoms with Crippen LogP contribution in [-0.2, 0) is 11.2 Å². The van der Waals surface area contributed by atoms with Crippen LogP contribution in [0.5, 0.6) is 5.75 Å². The lowest BCUT2D eigenvalue weighted by Gasteiger charge is -2.48. The van der Waals surface area contributed by atoms with Gasteiger partial charge in [0, 0.05) is 11.8 Å². The summed E-state index contributed by atoms with van der Waals surface area (Å²) in [4.78, 5) is 12.3. The summed E-state index contributed by atoms with van der Waals surface area (Å²) in [5, 5.41) is 9.85. The van der Waals surface area contributed by atoms with Crippen molar-refractivity contribution in [3.05, 3.63) is 28.8 Å². The first-order valence-corrected chi connectivity index (χ1v) is 8.36. The van der Waals surface area contributed by atoms with E-state index in [0.29, 0.717) is 29.3 Å². The van der Waals surface area contributed by atoms with Crippen LogP contribution in [-0.4, -0.2) is 10.9 Å². The molecule has 3 aliphatic rings. The number of carbonyl (C=O) groups is 1. The third-order valence-electron chi connectivity index (χ3n) is 6.72. The fourth-order valence-corrected chi connectivity index (χ4v) is 5.73. The van der Waals surface area contributed by atoms with Crippen LogP contribution in [0.2, 0.25) is 0 Å². The Balaban J connectivity index is 1.77. The molecule has 0 radical (unpaired) electrons. The normalized spacial score (nSPS) is 37.8. The molecule has 1 aromatic rings. The number of rotatable bonds is 0. The molecule has 2 nitrogen and oxygen atoms in total. The molecule has 21 heavy (non-hydrogen) atoms. The van der Waals surface area contributed by atoms with Crippen molar-refractivity contribution in [2.45, 2.75) is 58.3 Å². The minimum Gasteiger partial charge on any atom is -0.508 e. The van der Waals surface area contributed by atoms with Gasteiger partial charge in [0.25, 0.3) is 0 Å². The monoisotopic (exact) mass is 284 g/mol. The number of benzene rings is 1. The van der Waals surface area contributed by atoms with Gasteiger partial charge in [-0.25, -0.2) is 0 Å². The molecule has 0 saturated heterocycles. The molecule has 2 saturated carbocycles. The maximum absolute atomic E-state index is 12.3. The van der Waals surface area contributed by atoms with Gasteiger partial charge in [-0.3, -0.25) is 4.79 Å². The second-order valence-electron chi connectivity index (χ2n) is 7.67. The smallest absolute Gasteiger partial charge is 0.139 e. The SMILES string of the molecule is Cc1cc(O)cc2c1[C@H]1CC[C@]3(C)C(=O)CC[C@H]3[C@H]1CC2. The van der Waals surface area contributed by atoms with E-state index in [9.17, 15) is 9.90 Å². The van der Waals surface area contributed by atoms with Gasteiger partial charge < -0.3 is 5.11 Å². The van der Waals surface area contributed by atoms with E-state index in [1.165, 1.54) is 23.1 Å². The summed E-state index contributed by atoms with van der Waals surface area (Å²) in [5.74, 6) is 2.79. The van der Waals surface area contributed by atoms with E-state index in [1.807, 2.05) is 12.1 Å². The zero-order valence-corrected chi connectivity index (χ0v) is 13.0. The second kappa shape index (κ2) is 4.34. The highest BCUT2D eigenvalue weighted by molar-refractivity contribution is 5.87. The fraction of sp³-hybridized carbons (Fsp3) is 0.632. The number of ketones is 1. The number of fused-ring (bicyclic) bond motifs is 5. The summed E-state index contributed by atoms with van der Waals surface area (Å²) in [6.45, 7) is 4.36. The van der Waals surface area contributed by atoms with Gasteiger partial charge in [0.1, 0.15) is 11.5 Å². The highest BCUT2D eigenvalue weighted by atomic mass is 16.3.